The Morgan fingerprint density at radius 3 is 2.52 bits per heavy atom. The van der Waals surface area contributed by atoms with Gasteiger partial charge in [0.05, 0.1) is 0 Å². The summed E-state index contributed by atoms with van der Waals surface area (Å²) in [6.07, 6.45) is 0. The number of anilines is 1. The quantitative estimate of drug-likeness (QED) is 0.849. The van der Waals surface area contributed by atoms with Gasteiger partial charge in [-0.05, 0) is 30.2 Å². The lowest BCUT2D eigenvalue weighted by molar-refractivity contribution is -0.114. The first-order chi connectivity index (χ1) is 10.1. The number of hydrogen-bond acceptors (Lipinski definition) is 2. The highest BCUT2D eigenvalue weighted by Gasteiger charge is 2.09. The van der Waals surface area contributed by atoms with Crippen LogP contribution in [0.4, 0.5) is 5.69 Å². The summed E-state index contributed by atoms with van der Waals surface area (Å²) in [6, 6.07) is 16.2. The first-order valence-corrected chi connectivity index (χ1v) is 7.70. The molecule has 0 saturated carbocycles. The van der Waals surface area contributed by atoms with Crippen LogP contribution in [0.25, 0.3) is 0 Å². The molecule has 0 aliphatic rings. The van der Waals surface area contributed by atoms with Gasteiger partial charge in [-0.25, -0.2) is 0 Å². The molecule has 0 heterocycles. The number of hydrogen-bond donors (Lipinski definition) is 2. The normalized spacial score (nSPS) is 12.0. The van der Waals surface area contributed by atoms with Gasteiger partial charge in [-0.1, -0.05) is 52.3 Å². The number of amides is 1. The van der Waals surface area contributed by atoms with Crippen LogP contribution in [0.5, 0.6) is 0 Å². The summed E-state index contributed by atoms with van der Waals surface area (Å²) < 4.78 is 1.10. The summed E-state index contributed by atoms with van der Waals surface area (Å²) in [7, 11) is 0. The fraction of sp³-hybridized carbons (Fsp3) is 0.235. The molecule has 0 radical (unpaired) electrons. The molecule has 1 amide bonds. The molecule has 2 N–H and O–H groups in total. The summed E-state index contributed by atoms with van der Waals surface area (Å²) in [5, 5.41) is 6.35. The highest BCUT2D eigenvalue weighted by Crippen LogP contribution is 2.23. The molecule has 2 rings (SSSR count). The molecule has 1 unspecified atom stereocenters. The zero-order valence-electron chi connectivity index (χ0n) is 12.2. The van der Waals surface area contributed by atoms with Crippen molar-refractivity contribution >= 4 is 27.5 Å². The van der Waals surface area contributed by atoms with E-state index in [1.807, 2.05) is 42.5 Å². The molecule has 2 aromatic rings. The van der Waals surface area contributed by atoms with Gasteiger partial charge < -0.3 is 10.6 Å². The van der Waals surface area contributed by atoms with Crippen LogP contribution in [0.15, 0.2) is 53.0 Å². The second-order valence-corrected chi connectivity index (χ2v) is 5.82. The maximum absolute atomic E-state index is 11.2. The van der Waals surface area contributed by atoms with Crippen molar-refractivity contribution in [1.29, 1.82) is 0 Å². The molecule has 0 bridgehead atoms. The van der Waals surface area contributed by atoms with Crippen molar-refractivity contribution in [2.45, 2.75) is 26.4 Å². The number of carbonyl (C=O) groups excluding carboxylic acids is 1. The van der Waals surface area contributed by atoms with Crippen LogP contribution in [0.1, 0.15) is 31.0 Å². The minimum atomic E-state index is -0.0543. The van der Waals surface area contributed by atoms with Gasteiger partial charge in [0.15, 0.2) is 0 Å². The molecular weight excluding hydrogens is 328 g/mol. The summed E-state index contributed by atoms with van der Waals surface area (Å²) in [4.78, 5) is 11.2. The van der Waals surface area contributed by atoms with Gasteiger partial charge in [0.2, 0.25) is 5.91 Å². The second-order valence-electron chi connectivity index (χ2n) is 4.96. The van der Waals surface area contributed by atoms with Crippen LogP contribution in [0.2, 0.25) is 0 Å². The van der Waals surface area contributed by atoms with Crippen LogP contribution in [-0.4, -0.2) is 5.91 Å². The molecule has 0 aliphatic carbocycles. The Kier molecular flexibility index (Phi) is 5.53. The van der Waals surface area contributed by atoms with Crippen LogP contribution < -0.4 is 10.6 Å². The zero-order valence-corrected chi connectivity index (χ0v) is 13.8. The van der Waals surface area contributed by atoms with Crippen LogP contribution in [-0.2, 0) is 11.3 Å². The van der Waals surface area contributed by atoms with Gasteiger partial charge in [0.1, 0.15) is 0 Å². The minimum absolute atomic E-state index is 0.0543. The lowest BCUT2D eigenvalue weighted by Gasteiger charge is -2.17. The molecule has 3 nitrogen and oxygen atoms in total. The van der Waals surface area contributed by atoms with E-state index in [1.54, 1.807) is 0 Å². The monoisotopic (exact) mass is 346 g/mol. The average Bonchev–Trinajstić information content (AvgIpc) is 2.46. The Balaban J connectivity index is 2.06. The number of para-hydroxylation sites is 1. The van der Waals surface area contributed by atoms with Gasteiger partial charge in [-0.3, -0.25) is 4.79 Å². The van der Waals surface area contributed by atoms with E-state index in [1.165, 1.54) is 12.5 Å². The van der Waals surface area contributed by atoms with Crippen molar-refractivity contribution in [2.24, 2.45) is 0 Å². The Hall–Kier alpha value is -1.65. The predicted molar refractivity (Wildman–Crippen MR) is 90.1 cm³/mol. The Morgan fingerprint density at radius 2 is 1.81 bits per heavy atom. The molecule has 21 heavy (non-hydrogen) atoms. The van der Waals surface area contributed by atoms with E-state index < -0.39 is 0 Å². The maximum atomic E-state index is 11.2. The molecule has 4 heteroatoms. The number of carbonyl (C=O) groups is 1. The first kappa shape index (κ1) is 15.7. The van der Waals surface area contributed by atoms with E-state index >= 15 is 0 Å². The van der Waals surface area contributed by atoms with Gasteiger partial charge in [0, 0.05) is 29.7 Å². The second kappa shape index (κ2) is 7.38. The third kappa shape index (κ3) is 4.41. The summed E-state index contributed by atoms with van der Waals surface area (Å²) >= 11 is 3.57. The van der Waals surface area contributed by atoms with Gasteiger partial charge in [-0.15, -0.1) is 0 Å². The third-order valence-electron chi connectivity index (χ3n) is 3.30. The Bertz CT molecular complexity index is 628. The van der Waals surface area contributed by atoms with Crippen molar-refractivity contribution < 1.29 is 4.79 Å². The molecule has 2 aromatic carbocycles. The lowest BCUT2D eigenvalue weighted by Crippen LogP contribution is -2.19. The standard InChI is InChI=1S/C17H19BrN2O/c1-12(15-8-4-5-9-16(15)18)19-11-14-7-3-6-10-17(14)20-13(2)21/h3-10,12,19H,11H2,1-2H3,(H,20,21). The molecular formula is C17H19BrN2O. The van der Waals surface area contributed by atoms with Crippen LogP contribution in [0, 0.1) is 0 Å². The molecule has 110 valence electrons. The SMILES string of the molecule is CC(=O)Nc1ccccc1CNC(C)c1ccccc1Br. The Labute approximate surface area is 133 Å². The van der Waals surface area contributed by atoms with Crippen molar-refractivity contribution in [3.05, 3.63) is 64.1 Å². The molecule has 0 aromatic heterocycles. The minimum Gasteiger partial charge on any atom is -0.326 e. The topological polar surface area (TPSA) is 41.1 Å². The van der Waals surface area contributed by atoms with Crippen molar-refractivity contribution in [3.63, 3.8) is 0 Å². The molecule has 1 atom stereocenters. The van der Waals surface area contributed by atoms with E-state index in [2.05, 4.69) is 39.6 Å². The molecule has 0 aliphatic heterocycles. The first-order valence-electron chi connectivity index (χ1n) is 6.91. The zero-order chi connectivity index (χ0) is 15.2. The van der Waals surface area contributed by atoms with E-state index in [0.29, 0.717) is 6.54 Å². The summed E-state index contributed by atoms with van der Waals surface area (Å²) in [5.41, 5.74) is 3.15. The number of benzene rings is 2. The summed E-state index contributed by atoms with van der Waals surface area (Å²) in [5.74, 6) is -0.0543. The van der Waals surface area contributed by atoms with Crippen molar-refractivity contribution in [3.8, 4) is 0 Å². The highest BCUT2D eigenvalue weighted by molar-refractivity contribution is 9.10. The maximum Gasteiger partial charge on any atom is 0.221 e. The van der Waals surface area contributed by atoms with E-state index in [-0.39, 0.29) is 11.9 Å². The molecule has 0 spiro atoms. The average molecular weight is 347 g/mol. The van der Waals surface area contributed by atoms with Crippen molar-refractivity contribution in [2.75, 3.05) is 5.32 Å². The predicted octanol–water partition coefficient (Wildman–Crippen LogP) is 4.26. The van der Waals surface area contributed by atoms with E-state index in [0.717, 1.165) is 15.7 Å². The number of rotatable bonds is 5. The van der Waals surface area contributed by atoms with Gasteiger partial charge in [-0.2, -0.15) is 0 Å². The smallest absolute Gasteiger partial charge is 0.221 e. The van der Waals surface area contributed by atoms with E-state index in [4.69, 9.17) is 0 Å². The van der Waals surface area contributed by atoms with E-state index in [9.17, 15) is 4.79 Å². The number of halogens is 1. The lowest BCUT2D eigenvalue weighted by atomic mass is 10.1. The fourth-order valence-corrected chi connectivity index (χ4v) is 2.81. The van der Waals surface area contributed by atoms with Crippen LogP contribution >= 0.6 is 15.9 Å². The molecule has 0 fully saturated rings. The largest absolute Gasteiger partial charge is 0.326 e. The van der Waals surface area contributed by atoms with Gasteiger partial charge >= 0.3 is 0 Å². The summed E-state index contributed by atoms with van der Waals surface area (Å²) in [6.45, 7) is 4.34. The Morgan fingerprint density at radius 1 is 1.14 bits per heavy atom. The number of nitrogens with one attached hydrogen (secondary N) is 2. The van der Waals surface area contributed by atoms with Crippen LogP contribution in [0.3, 0.4) is 0 Å². The molecule has 0 saturated heterocycles. The highest BCUT2D eigenvalue weighted by atomic mass is 79.9. The fourth-order valence-electron chi connectivity index (χ4n) is 2.19. The van der Waals surface area contributed by atoms with Gasteiger partial charge in [0.25, 0.3) is 0 Å². The van der Waals surface area contributed by atoms with Crippen molar-refractivity contribution in [1.82, 2.24) is 5.32 Å². The third-order valence-corrected chi connectivity index (χ3v) is 4.02.